The molecule has 0 saturated carbocycles. The van der Waals surface area contributed by atoms with E-state index in [0.717, 1.165) is 0 Å². The fourth-order valence-electron chi connectivity index (χ4n) is 2.85. The highest BCUT2D eigenvalue weighted by Crippen LogP contribution is 2.34. The lowest BCUT2D eigenvalue weighted by atomic mass is 10.2. The normalized spacial score (nSPS) is 10.6. The number of rotatable bonds is 8. The molecule has 0 aromatic heterocycles. The molecular weight excluding hydrogens is 658 g/mol. The fourth-order valence-corrected chi connectivity index (χ4v) is 4.17. The summed E-state index contributed by atoms with van der Waals surface area (Å²) in [5, 5.41) is 9.80. The van der Waals surface area contributed by atoms with E-state index in [1.54, 1.807) is 48.5 Å². The van der Waals surface area contributed by atoms with Crippen molar-refractivity contribution in [2.24, 2.45) is 5.10 Å². The number of hydrogen-bond donors (Lipinski definition) is 3. The van der Waals surface area contributed by atoms with Gasteiger partial charge in [0.05, 0.1) is 32.6 Å². The molecule has 0 atom stereocenters. The molecule has 13 heteroatoms. The van der Waals surface area contributed by atoms with Crippen molar-refractivity contribution in [3.05, 3.63) is 78.8 Å². The van der Waals surface area contributed by atoms with Crippen molar-refractivity contribution >= 4 is 92.7 Å². The highest BCUT2D eigenvalue weighted by molar-refractivity contribution is 14.1. The molecule has 0 unspecified atom stereocenters. The van der Waals surface area contributed by atoms with Crippen molar-refractivity contribution in [2.45, 2.75) is 0 Å². The predicted molar refractivity (Wildman–Crippen MR) is 152 cm³/mol. The first-order chi connectivity index (χ1) is 17.7. The zero-order chi connectivity index (χ0) is 26.9. The summed E-state index contributed by atoms with van der Waals surface area (Å²) in [6, 6.07) is 14.5. The number of hydrazone groups is 1. The summed E-state index contributed by atoms with van der Waals surface area (Å²) >= 11 is 19.9. The standard InChI is InChI=1S/C24H18Cl3IN4O5/c1-36-19-9-13(11-29-32-24(35)23(34)30-15-5-2-4-14(25)10-15)8-17(28)22(19)37-12-20(33)31-18-7-3-6-16(26)21(18)27/h2-11H,12H2,1H3,(H,30,34)(H,31,33)(H,32,35)/b29-11-. The Morgan fingerprint density at radius 1 is 1.00 bits per heavy atom. The molecule has 3 rings (SSSR count). The van der Waals surface area contributed by atoms with E-state index < -0.39 is 17.7 Å². The van der Waals surface area contributed by atoms with Crippen LogP contribution in [0.1, 0.15) is 5.56 Å². The van der Waals surface area contributed by atoms with Gasteiger partial charge in [-0.1, -0.05) is 46.9 Å². The lowest BCUT2D eigenvalue weighted by Crippen LogP contribution is -2.32. The molecule has 0 fully saturated rings. The molecule has 0 radical (unpaired) electrons. The van der Waals surface area contributed by atoms with Gasteiger partial charge in [0.25, 0.3) is 5.91 Å². The third-order valence-electron chi connectivity index (χ3n) is 4.49. The average molecular weight is 676 g/mol. The number of nitrogens with one attached hydrogen (secondary N) is 3. The highest BCUT2D eigenvalue weighted by Gasteiger charge is 2.16. The van der Waals surface area contributed by atoms with Gasteiger partial charge in [0.15, 0.2) is 18.1 Å². The van der Waals surface area contributed by atoms with Gasteiger partial charge in [-0.15, -0.1) is 0 Å². The lowest BCUT2D eigenvalue weighted by Gasteiger charge is -2.14. The van der Waals surface area contributed by atoms with Crippen molar-refractivity contribution in [1.82, 2.24) is 5.43 Å². The number of amides is 3. The minimum Gasteiger partial charge on any atom is -0.493 e. The van der Waals surface area contributed by atoms with Crippen LogP contribution in [0.25, 0.3) is 0 Å². The second kappa shape index (κ2) is 13.5. The summed E-state index contributed by atoms with van der Waals surface area (Å²) in [5.74, 6) is -1.67. The van der Waals surface area contributed by atoms with Gasteiger partial charge in [-0.2, -0.15) is 5.10 Å². The smallest absolute Gasteiger partial charge is 0.329 e. The molecule has 0 saturated heterocycles. The van der Waals surface area contributed by atoms with E-state index in [9.17, 15) is 14.4 Å². The number of halogens is 4. The zero-order valence-electron chi connectivity index (χ0n) is 19.0. The molecule has 3 aromatic carbocycles. The molecule has 9 nitrogen and oxygen atoms in total. The van der Waals surface area contributed by atoms with Crippen LogP contribution in [-0.4, -0.2) is 37.7 Å². The maximum absolute atomic E-state index is 12.3. The molecule has 3 aromatic rings. The predicted octanol–water partition coefficient (Wildman–Crippen LogP) is 5.37. The van der Waals surface area contributed by atoms with Gasteiger partial charge in [-0.25, -0.2) is 5.43 Å². The fraction of sp³-hybridized carbons (Fsp3) is 0.0833. The van der Waals surface area contributed by atoms with E-state index in [1.807, 2.05) is 22.6 Å². The third kappa shape index (κ3) is 8.22. The number of ether oxygens (including phenoxy) is 2. The quantitative estimate of drug-likeness (QED) is 0.129. The molecule has 192 valence electrons. The maximum atomic E-state index is 12.3. The molecule has 0 aliphatic rings. The van der Waals surface area contributed by atoms with Crippen molar-refractivity contribution in [3.8, 4) is 11.5 Å². The Balaban J connectivity index is 1.59. The highest BCUT2D eigenvalue weighted by atomic mass is 127. The Kier molecular flexibility index (Phi) is 10.4. The summed E-state index contributed by atoms with van der Waals surface area (Å²) < 4.78 is 11.6. The molecule has 0 bridgehead atoms. The van der Waals surface area contributed by atoms with Gasteiger partial charge >= 0.3 is 11.8 Å². The summed E-state index contributed by atoms with van der Waals surface area (Å²) in [5.41, 5.74) is 3.42. The van der Waals surface area contributed by atoms with Crippen LogP contribution in [0.3, 0.4) is 0 Å². The Hall–Kier alpha value is -3.06. The molecule has 0 aliphatic heterocycles. The van der Waals surface area contributed by atoms with E-state index in [1.165, 1.54) is 19.4 Å². The average Bonchev–Trinajstić information content (AvgIpc) is 2.85. The number of methoxy groups -OCH3 is 1. The first kappa shape index (κ1) is 28.5. The molecular formula is C24H18Cl3IN4O5. The number of carbonyl (C=O) groups is 3. The van der Waals surface area contributed by atoms with E-state index in [0.29, 0.717) is 42.1 Å². The number of anilines is 2. The van der Waals surface area contributed by atoms with Crippen LogP contribution in [0.2, 0.25) is 15.1 Å². The number of carbonyl (C=O) groups excluding carboxylic acids is 3. The van der Waals surface area contributed by atoms with Crippen molar-refractivity contribution in [3.63, 3.8) is 0 Å². The van der Waals surface area contributed by atoms with Gasteiger partial charge in [0.2, 0.25) is 0 Å². The second-order valence-corrected chi connectivity index (χ2v) is 9.52. The van der Waals surface area contributed by atoms with Gasteiger partial charge in [0, 0.05) is 10.7 Å². The topological polar surface area (TPSA) is 118 Å². The monoisotopic (exact) mass is 674 g/mol. The molecule has 3 N–H and O–H groups in total. The second-order valence-electron chi connectivity index (χ2n) is 7.14. The summed E-state index contributed by atoms with van der Waals surface area (Å²) in [4.78, 5) is 36.4. The number of benzene rings is 3. The number of hydrogen-bond acceptors (Lipinski definition) is 6. The SMILES string of the molecule is COc1cc(/C=N\NC(=O)C(=O)Nc2cccc(Cl)c2)cc(I)c1OCC(=O)Nc1cccc(Cl)c1Cl. The first-order valence-electron chi connectivity index (χ1n) is 10.3. The Labute approximate surface area is 240 Å². The summed E-state index contributed by atoms with van der Waals surface area (Å²) in [7, 11) is 1.44. The van der Waals surface area contributed by atoms with Crippen LogP contribution in [0.15, 0.2) is 59.7 Å². The molecule has 3 amide bonds. The van der Waals surface area contributed by atoms with E-state index in [-0.39, 0.29) is 11.6 Å². The molecule has 0 spiro atoms. The Bertz CT molecular complexity index is 1370. The molecule has 0 heterocycles. The first-order valence-corrected chi connectivity index (χ1v) is 12.5. The van der Waals surface area contributed by atoms with Crippen LogP contribution < -0.4 is 25.5 Å². The summed E-state index contributed by atoms with van der Waals surface area (Å²) in [6.07, 6.45) is 1.33. The van der Waals surface area contributed by atoms with Crippen LogP contribution >= 0.6 is 57.4 Å². The zero-order valence-corrected chi connectivity index (χ0v) is 23.4. The van der Waals surface area contributed by atoms with Crippen molar-refractivity contribution in [2.75, 3.05) is 24.4 Å². The van der Waals surface area contributed by atoms with E-state index in [4.69, 9.17) is 44.3 Å². The Morgan fingerprint density at radius 3 is 2.49 bits per heavy atom. The lowest BCUT2D eigenvalue weighted by molar-refractivity contribution is -0.136. The van der Waals surface area contributed by atoms with Crippen LogP contribution in [-0.2, 0) is 14.4 Å². The van der Waals surface area contributed by atoms with Crippen LogP contribution in [0, 0.1) is 3.57 Å². The molecule has 37 heavy (non-hydrogen) atoms. The van der Waals surface area contributed by atoms with Gasteiger partial charge < -0.3 is 20.1 Å². The summed E-state index contributed by atoms with van der Waals surface area (Å²) in [6.45, 7) is -0.319. The third-order valence-corrected chi connectivity index (χ3v) is 6.35. The minimum atomic E-state index is -0.969. The van der Waals surface area contributed by atoms with Gasteiger partial charge in [-0.3, -0.25) is 14.4 Å². The minimum absolute atomic E-state index is 0.224. The molecule has 0 aliphatic carbocycles. The van der Waals surface area contributed by atoms with E-state index >= 15 is 0 Å². The van der Waals surface area contributed by atoms with Crippen LogP contribution in [0.4, 0.5) is 11.4 Å². The maximum Gasteiger partial charge on any atom is 0.329 e. The largest absolute Gasteiger partial charge is 0.493 e. The Morgan fingerprint density at radius 2 is 1.76 bits per heavy atom. The number of nitrogens with zero attached hydrogens (tertiary/aromatic N) is 1. The van der Waals surface area contributed by atoms with Crippen LogP contribution in [0.5, 0.6) is 11.5 Å². The van der Waals surface area contributed by atoms with Crippen molar-refractivity contribution < 1.29 is 23.9 Å². The van der Waals surface area contributed by atoms with Gasteiger partial charge in [0.1, 0.15) is 0 Å². The van der Waals surface area contributed by atoms with E-state index in [2.05, 4.69) is 21.2 Å². The van der Waals surface area contributed by atoms with Crippen molar-refractivity contribution in [1.29, 1.82) is 0 Å². The van der Waals surface area contributed by atoms with Gasteiger partial charge in [-0.05, 0) is 70.6 Å².